The Labute approximate surface area is 106 Å². The molecule has 0 unspecified atom stereocenters. The van der Waals surface area contributed by atoms with Gasteiger partial charge in [-0.1, -0.05) is 12.1 Å². The average Bonchev–Trinajstić information content (AvgIpc) is 2.54. The van der Waals surface area contributed by atoms with Gasteiger partial charge < -0.3 is 4.57 Å². The number of aromatic nitrogens is 1. The largest absolute Gasteiger partial charge is 0.339 e. The zero-order valence-electron chi connectivity index (χ0n) is 10.6. The summed E-state index contributed by atoms with van der Waals surface area (Å²) in [5, 5.41) is 0.738. The van der Waals surface area contributed by atoms with E-state index >= 15 is 0 Å². The minimum absolute atomic E-state index is 0.0103. The van der Waals surface area contributed by atoms with E-state index in [0.717, 1.165) is 5.39 Å². The second-order valence-electron chi connectivity index (χ2n) is 4.85. The van der Waals surface area contributed by atoms with Crippen molar-refractivity contribution in [2.24, 2.45) is 0 Å². The van der Waals surface area contributed by atoms with Crippen LogP contribution in [0.5, 0.6) is 0 Å². The third-order valence-corrected chi connectivity index (χ3v) is 3.64. The molecule has 0 amide bonds. The van der Waals surface area contributed by atoms with E-state index in [4.69, 9.17) is 0 Å². The van der Waals surface area contributed by atoms with Gasteiger partial charge in [-0.2, -0.15) is 0 Å². The van der Waals surface area contributed by atoms with Crippen molar-refractivity contribution in [3.05, 3.63) is 35.8 Å². The molecule has 5 heteroatoms. The molecular weight excluding hydrogens is 253 g/mol. The summed E-state index contributed by atoms with van der Waals surface area (Å²) in [6.45, 7) is 3.83. The molecule has 0 fully saturated rings. The van der Waals surface area contributed by atoms with E-state index in [1.807, 2.05) is 13.8 Å². The third kappa shape index (κ3) is 2.41. The summed E-state index contributed by atoms with van der Waals surface area (Å²) in [6, 6.07) is 6.58. The van der Waals surface area contributed by atoms with Crippen LogP contribution in [0.1, 0.15) is 25.6 Å². The van der Waals surface area contributed by atoms with Crippen molar-refractivity contribution < 1.29 is 12.8 Å². The highest BCUT2D eigenvalue weighted by atomic mass is 32.2. The molecule has 0 bridgehead atoms. The van der Waals surface area contributed by atoms with E-state index in [0.29, 0.717) is 11.2 Å². The molecule has 0 spiro atoms. The lowest BCUT2D eigenvalue weighted by Gasteiger charge is -2.14. The lowest BCUT2D eigenvalue weighted by atomic mass is 10.2. The first-order valence-corrected chi connectivity index (χ1v) is 7.81. The van der Waals surface area contributed by atoms with Gasteiger partial charge in [-0.3, -0.25) is 0 Å². The first-order chi connectivity index (χ1) is 8.29. The molecule has 0 N–H and O–H groups in total. The van der Waals surface area contributed by atoms with E-state index in [1.165, 1.54) is 12.3 Å². The molecule has 2 rings (SSSR count). The van der Waals surface area contributed by atoms with Crippen molar-refractivity contribution in [3.63, 3.8) is 0 Å². The number of halogens is 1. The van der Waals surface area contributed by atoms with E-state index in [1.54, 1.807) is 22.8 Å². The fourth-order valence-electron chi connectivity index (χ4n) is 2.26. The van der Waals surface area contributed by atoms with Crippen LogP contribution in [0.25, 0.3) is 10.9 Å². The normalized spacial score (nSPS) is 12.5. The lowest BCUT2D eigenvalue weighted by Crippen LogP contribution is -2.10. The Morgan fingerprint density at radius 3 is 2.56 bits per heavy atom. The Balaban J connectivity index is 2.74. The molecule has 3 nitrogen and oxygen atoms in total. The van der Waals surface area contributed by atoms with E-state index < -0.39 is 9.84 Å². The Hall–Kier alpha value is -1.36. The van der Waals surface area contributed by atoms with Crippen molar-refractivity contribution in [1.29, 1.82) is 0 Å². The maximum absolute atomic E-state index is 13.9. The smallest absolute Gasteiger partial charge is 0.153 e. The van der Waals surface area contributed by atoms with Crippen LogP contribution >= 0.6 is 0 Å². The van der Waals surface area contributed by atoms with Crippen LogP contribution in [-0.2, 0) is 15.6 Å². The van der Waals surface area contributed by atoms with E-state index in [9.17, 15) is 12.8 Å². The zero-order valence-corrected chi connectivity index (χ0v) is 11.5. The van der Waals surface area contributed by atoms with Gasteiger partial charge in [0.1, 0.15) is 5.82 Å². The highest BCUT2D eigenvalue weighted by molar-refractivity contribution is 7.89. The molecule has 2 aromatic rings. The summed E-state index contributed by atoms with van der Waals surface area (Å²) in [5.74, 6) is -0.389. The molecule has 0 saturated carbocycles. The Morgan fingerprint density at radius 1 is 1.33 bits per heavy atom. The first kappa shape index (κ1) is 13.1. The number of para-hydroxylation sites is 1. The fraction of sp³-hybridized carbons (Fsp3) is 0.385. The van der Waals surface area contributed by atoms with Crippen molar-refractivity contribution in [1.82, 2.24) is 4.57 Å². The van der Waals surface area contributed by atoms with Crippen LogP contribution in [0.2, 0.25) is 0 Å². The molecule has 0 radical (unpaired) electrons. The van der Waals surface area contributed by atoms with Gasteiger partial charge in [0.25, 0.3) is 0 Å². The molecule has 0 saturated heterocycles. The maximum atomic E-state index is 13.9. The van der Waals surface area contributed by atoms with Gasteiger partial charge in [-0.25, -0.2) is 12.8 Å². The zero-order chi connectivity index (χ0) is 13.5. The molecule has 0 aliphatic heterocycles. The second-order valence-corrected chi connectivity index (χ2v) is 6.99. The molecule has 1 heterocycles. The van der Waals surface area contributed by atoms with Crippen LogP contribution in [0.3, 0.4) is 0 Å². The van der Waals surface area contributed by atoms with Gasteiger partial charge in [0, 0.05) is 23.4 Å². The summed E-state index contributed by atoms with van der Waals surface area (Å²) < 4.78 is 38.5. The number of rotatable bonds is 3. The fourth-order valence-corrected chi connectivity index (χ4v) is 3.02. The molecule has 0 aliphatic rings. The summed E-state index contributed by atoms with van der Waals surface area (Å²) in [7, 11) is -3.14. The summed E-state index contributed by atoms with van der Waals surface area (Å²) in [6.07, 6.45) is 1.19. The second kappa shape index (κ2) is 4.39. The van der Waals surface area contributed by atoms with Crippen LogP contribution < -0.4 is 0 Å². The van der Waals surface area contributed by atoms with Gasteiger partial charge in [-0.05, 0) is 26.0 Å². The Bertz CT molecular complexity index is 686. The summed E-state index contributed by atoms with van der Waals surface area (Å²) >= 11 is 0. The number of hydrogen-bond acceptors (Lipinski definition) is 2. The first-order valence-electron chi connectivity index (χ1n) is 5.75. The molecular formula is C13H16FNO2S. The van der Waals surface area contributed by atoms with Crippen molar-refractivity contribution in [2.75, 3.05) is 6.26 Å². The Kier molecular flexibility index (Phi) is 3.19. The van der Waals surface area contributed by atoms with E-state index in [-0.39, 0.29) is 17.6 Å². The van der Waals surface area contributed by atoms with Crippen LogP contribution in [0, 0.1) is 5.82 Å². The average molecular weight is 269 g/mol. The van der Waals surface area contributed by atoms with Crippen molar-refractivity contribution >= 4 is 20.7 Å². The van der Waals surface area contributed by atoms with Crippen molar-refractivity contribution in [2.45, 2.75) is 25.6 Å². The number of benzene rings is 1. The third-order valence-electron chi connectivity index (χ3n) is 2.82. The molecule has 1 aromatic heterocycles. The number of fused-ring (bicyclic) bond motifs is 1. The Morgan fingerprint density at radius 2 is 2.00 bits per heavy atom. The van der Waals surface area contributed by atoms with E-state index in [2.05, 4.69) is 0 Å². The SMILES string of the molecule is CC(C)n1c(CS(C)(=O)=O)cc2cccc(F)c21. The molecule has 0 atom stereocenters. The maximum Gasteiger partial charge on any atom is 0.153 e. The standard InChI is InChI=1S/C13H16FNO2S/c1-9(2)15-11(8-18(3,16)17)7-10-5-4-6-12(14)13(10)15/h4-7,9H,8H2,1-3H3. The topological polar surface area (TPSA) is 39.1 Å². The van der Waals surface area contributed by atoms with Gasteiger partial charge >= 0.3 is 0 Å². The summed E-state index contributed by atoms with van der Waals surface area (Å²) in [5.41, 5.74) is 1.11. The van der Waals surface area contributed by atoms with Crippen molar-refractivity contribution in [3.8, 4) is 0 Å². The van der Waals surface area contributed by atoms with Crippen LogP contribution in [0.4, 0.5) is 4.39 Å². The van der Waals surface area contributed by atoms with Gasteiger partial charge in [-0.15, -0.1) is 0 Å². The predicted molar refractivity (Wildman–Crippen MR) is 70.8 cm³/mol. The highest BCUT2D eigenvalue weighted by Crippen LogP contribution is 2.27. The summed E-state index contributed by atoms with van der Waals surface area (Å²) in [4.78, 5) is 0. The highest BCUT2D eigenvalue weighted by Gasteiger charge is 2.17. The molecule has 98 valence electrons. The number of sulfone groups is 1. The minimum Gasteiger partial charge on any atom is -0.339 e. The number of nitrogens with zero attached hydrogens (tertiary/aromatic N) is 1. The monoisotopic (exact) mass is 269 g/mol. The molecule has 0 aliphatic carbocycles. The molecule has 1 aromatic carbocycles. The molecule has 18 heavy (non-hydrogen) atoms. The lowest BCUT2D eigenvalue weighted by molar-refractivity contribution is 0.570. The predicted octanol–water partition coefficient (Wildman–Crippen LogP) is 2.91. The number of hydrogen-bond donors (Lipinski definition) is 0. The minimum atomic E-state index is -3.14. The van der Waals surface area contributed by atoms with Gasteiger partial charge in [0.2, 0.25) is 0 Å². The van der Waals surface area contributed by atoms with Gasteiger partial charge in [0.05, 0.1) is 11.3 Å². The van der Waals surface area contributed by atoms with Crippen LogP contribution in [-0.4, -0.2) is 19.2 Å². The van der Waals surface area contributed by atoms with Crippen LogP contribution in [0.15, 0.2) is 24.3 Å². The van der Waals surface area contributed by atoms with Gasteiger partial charge in [0.15, 0.2) is 9.84 Å². The quantitative estimate of drug-likeness (QED) is 0.859.